The lowest BCUT2D eigenvalue weighted by Gasteiger charge is -2.05. The van der Waals surface area contributed by atoms with Gasteiger partial charge in [0.15, 0.2) is 11.6 Å². The van der Waals surface area contributed by atoms with Gasteiger partial charge in [-0.05, 0) is 17.7 Å². The third kappa shape index (κ3) is 3.62. The van der Waals surface area contributed by atoms with Crippen molar-refractivity contribution in [3.8, 4) is 0 Å². The molecule has 2 rings (SSSR count). The van der Waals surface area contributed by atoms with Gasteiger partial charge in [-0.3, -0.25) is 4.79 Å². The summed E-state index contributed by atoms with van der Waals surface area (Å²) in [4.78, 5) is 11.9. The van der Waals surface area contributed by atoms with Crippen LogP contribution in [0.3, 0.4) is 0 Å². The molecule has 0 aliphatic heterocycles. The molecule has 0 spiro atoms. The number of amides is 1. The summed E-state index contributed by atoms with van der Waals surface area (Å²) in [5.41, 5.74) is 7.00. The highest BCUT2D eigenvalue weighted by Crippen LogP contribution is 2.09. The van der Waals surface area contributed by atoms with Crippen molar-refractivity contribution in [2.24, 2.45) is 10.9 Å². The van der Waals surface area contributed by atoms with E-state index in [1.165, 1.54) is 0 Å². The average Bonchev–Trinajstić information content (AvgIpc) is 3.01. The number of carbonyl (C=O) groups is 1. The van der Waals surface area contributed by atoms with E-state index in [1.54, 1.807) is 36.4 Å². The quantitative estimate of drug-likeness (QED) is 0.338. The second-order valence-electron chi connectivity index (χ2n) is 4.48. The molecule has 0 saturated carbocycles. The molecule has 1 heterocycles. The summed E-state index contributed by atoms with van der Waals surface area (Å²) < 4.78 is 5.38. The molecule has 4 N–H and O–H groups in total. The van der Waals surface area contributed by atoms with Crippen LogP contribution >= 0.6 is 0 Å². The Labute approximate surface area is 122 Å². The van der Waals surface area contributed by atoms with Crippen molar-refractivity contribution >= 4 is 11.7 Å². The van der Waals surface area contributed by atoms with E-state index in [2.05, 4.69) is 10.5 Å². The van der Waals surface area contributed by atoms with Gasteiger partial charge in [-0.1, -0.05) is 36.3 Å². The average molecular weight is 287 g/mol. The number of hydrogen-bond donors (Lipinski definition) is 3. The Balaban J connectivity index is 1.95. The molecule has 0 radical (unpaired) electrons. The topological polar surface area (TPSA) is 101 Å². The van der Waals surface area contributed by atoms with E-state index in [9.17, 15) is 4.79 Å². The van der Waals surface area contributed by atoms with Gasteiger partial charge >= 0.3 is 0 Å². The maximum atomic E-state index is 11.9. The van der Waals surface area contributed by atoms with Gasteiger partial charge < -0.3 is 20.7 Å². The normalized spacial score (nSPS) is 11.4. The first-order chi connectivity index (χ1) is 10.1. The molecular weight excluding hydrogens is 270 g/mol. The molecule has 6 nitrogen and oxygen atoms in total. The highest BCUT2D eigenvalue weighted by Gasteiger charge is 2.10. The lowest BCUT2D eigenvalue weighted by molar-refractivity contribution is 0.0921. The minimum atomic E-state index is -0.254. The molecule has 110 valence electrons. The van der Waals surface area contributed by atoms with Crippen LogP contribution < -0.4 is 11.1 Å². The highest BCUT2D eigenvalue weighted by molar-refractivity contribution is 5.97. The largest absolute Gasteiger partial charge is 0.456 e. The number of furan rings is 1. The van der Waals surface area contributed by atoms with Gasteiger partial charge in [0, 0.05) is 18.5 Å². The van der Waals surface area contributed by atoms with Crippen LogP contribution in [0.15, 0.2) is 46.0 Å². The number of hydrogen-bond acceptors (Lipinski definition) is 4. The van der Waals surface area contributed by atoms with Crippen molar-refractivity contribution in [3.63, 3.8) is 0 Å². The number of carbonyl (C=O) groups excluding carboxylic acids is 1. The third-order valence-corrected chi connectivity index (χ3v) is 3.04. The Morgan fingerprint density at radius 2 is 2.00 bits per heavy atom. The molecule has 2 aromatic rings. The van der Waals surface area contributed by atoms with Crippen LogP contribution in [0.4, 0.5) is 0 Å². The number of rotatable bonds is 5. The van der Waals surface area contributed by atoms with Gasteiger partial charge in [-0.15, -0.1) is 0 Å². The van der Waals surface area contributed by atoms with Gasteiger partial charge in [0.2, 0.25) is 0 Å². The fourth-order valence-electron chi connectivity index (χ4n) is 1.81. The summed E-state index contributed by atoms with van der Waals surface area (Å²) >= 11 is 0. The smallest absolute Gasteiger partial charge is 0.287 e. The van der Waals surface area contributed by atoms with Gasteiger partial charge in [0.05, 0.1) is 0 Å². The van der Waals surface area contributed by atoms with Crippen molar-refractivity contribution in [1.29, 1.82) is 0 Å². The number of oxime groups is 1. The maximum Gasteiger partial charge on any atom is 0.287 e. The maximum absolute atomic E-state index is 11.9. The van der Waals surface area contributed by atoms with Crippen LogP contribution in [0.25, 0.3) is 0 Å². The van der Waals surface area contributed by atoms with E-state index in [1.807, 2.05) is 6.92 Å². The second kappa shape index (κ2) is 6.60. The number of nitrogens with two attached hydrogens (primary N) is 1. The number of amidine groups is 1. The van der Waals surface area contributed by atoms with Crippen molar-refractivity contribution in [2.45, 2.75) is 19.9 Å². The molecule has 1 aromatic heterocycles. The van der Waals surface area contributed by atoms with Crippen LogP contribution in [0.1, 0.15) is 34.4 Å². The Hall–Kier alpha value is -2.76. The lowest BCUT2D eigenvalue weighted by atomic mass is 10.1. The van der Waals surface area contributed by atoms with Crippen molar-refractivity contribution in [1.82, 2.24) is 5.32 Å². The molecule has 0 bridgehead atoms. The predicted molar refractivity (Wildman–Crippen MR) is 78.2 cm³/mol. The minimum absolute atomic E-state index is 0.0493. The number of nitrogens with one attached hydrogen (secondary N) is 1. The van der Waals surface area contributed by atoms with Crippen molar-refractivity contribution in [2.75, 3.05) is 0 Å². The summed E-state index contributed by atoms with van der Waals surface area (Å²) in [5, 5.41) is 14.3. The van der Waals surface area contributed by atoms with E-state index < -0.39 is 0 Å². The van der Waals surface area contributed by atoms with Crippen molar-refractivity contribution < 1.29 is 14.4 Å². The summed E-state index contributed by atoms with van der Waals surface area (Å²) in [5.74, 6) is 0.881. The molecule has 0 saturated heterocycles. The molecule has 0 aliphatic rings. The monoisotopic (exact) mass is 287 g/mol. The van der Waals surface area contributed by atoms with E-state index in [0.29, 0.717) is 17.9 Å². The van der Waals surface area contributed by atoms with E-state index in [4.69, 9.17) is 15.4 Å². The zero-order valence-electron chi connectivity index (χ0n) is 11.7. The standard InChI is InChI=1S/C15H17N3O3/c1-2-12-7-8-13(21-12)15(19)17-9-10-3-5-11(6-4-10)14(16)18-20/h3-8,20H,2,9H2,1H3,(H2,16,18)(H,17,19). The molecule has 6 heteroatoms. The van der Waals surface area contributed by atoms with Crippen molar-refractivity contribution in [3.05, 3.63) is 59.0 Å². The number of aryl methyl sites for hydroxylation is 1. The van der Waals surface area contributed by atoms with Crippen LogP contribution in [-0.2, 0) is 13.0 Å². The molecule has 21 heavy (non-hydrogen) atoms. The van der Waals surface area contributed by atoms with Gasteiger partial charge in [-0.2, -0.15) is 0 Å². The van der Waals surface area contributed by atoms with E-state index >= 15 is 0 Å². The number of nitrogens with zero attached hydrogens (tertiary/aromatic N) is 1. The number of benzene rings is 1. The highest BCUT2D eigenvalue weighted by atomic mass is 16.4. The fourth-order valence-corrected chi connectivity index (χ4v) is 1.81. The van der Waals surface area contributed by atoms with E-state index in [-0.39, 0.29) is 11.7 Å². The Bertz CT molecular complexity index is 644. The second-order valence-corrected chi connectivity index (χ2v) is 4.48. The Morgan fingerprint density at radius 3 is 2.57 bits per heavy atom. The molecule has 0 fully saturated rings. The van der Waals surface area contributed by atoms with Gasteiger partial charge in [0.25, 0.3) is 5.91 Å². The predicted octanol–water partition coefficient (Wildman–Crippen LogP) is 1.87. The van der Waals surface area contributed by atoms with Crippen LogP contribution in [0.5, 0.6) is 0 Å². The van der Waals surface area contributed by atoms with Crippen LogP contribution in [0.2, 0.25) is 0 Å². The van der Waals surface area contributed by atoms with E-state index in [0.717, 1.165) is 17.7 Å². The third-order valence-electron chi connectivity index (χ3n) is 3.04. The minimum Gasteiger partial charge on any atom is -0.456 e. The zero-order chi connectivity index (χ0) is 15.2. The first-order valence-electron chi connectivity index (χ1n) is 6.57. The van der Waals surface area contributed by atoms with Crippen LogP contribution in [0, 0.1) is 0 Å². The molecular formula is C15H17N3O3. The summed E-state index contributed by atoms with van der Waals surface area (Å²) in [6.07, 6.45) is 0.753. The summed E-state index contributed by atoms with van der Waals surface area (Å²) in [7, 11) is 0. The first-order valence-corrected chi connectivity index (χ1v) is 6.57. The molecule has 1 amide bonds. The Morgan fingerprint density at radius 1 is 1.29 bits per heavy atom. The first kappa shape index (κ1) is 14.6. The summed E-state index contributed by atoms with van der Waals surface area (Å²) in [6.45, 7) is 2.33. The molecule has 1 aromatic carbocycles. The zero-order valence-corrected chi connectivity index (χ0v) is 11.7. The SMILES string of the molecule is CCc1ccc(C(=O)NCc2ccc(C(N)=NO)cc2)o1. The van der Waals surface area contributed by atoms with Crippen LogP contribution in [-0.4, -0.2) is 17.0 Å². The molecule has 0 atom stereocenters. The lowest BCUT2D eigenvalue weighted by Crippen LogP contribution is -2.22. The fraction of sp³-hybridized carbons (Fsp3) is 0.200. The molecule has 0 unspecified atom stereocenters. The van der Waals surface area contributed by atoms with Gasteiger partial charge in [0.1, 0.15) is 5.76 Å². The summed E-state index contributed by atoms with van der Waals surface area (Å²) in [6, 6.07) is 10.5. The molecule has 0 aliphatic carbocycles. The Kier molecular flexibility index (Phi) is 4.61. The van der Waals surface area contributed by atoms with Gasteiger partial charge in [-0.25, -0.2) is 0 Å².